The van der Waals surface area contributed by atoms with E-state index in [1.165, 1.54) is 128 Å². The molecule has 0 amide bonds. The number of allylic oxidation sites excluding steroid dienone is 10. The fourth-order valence-corrected chi connectivity index (χ4v) is 7.54. The fourth-order valence-electron chi connectivity index (χ4n) is 7.54. The molecule has 2 heterocycles. The van der Waals surface area contributed by atoms with Crippen molar-refractivity contribution in [2.45, 2.75) is 174 Å². The van der Waals surface area contributed by atoms with Crippen LogP contribution in [-0.2, 0) is 6.54 Å². The summed E-state index contributed by atoms with van der Waals surface area (Å²) in [4.78, 5) is 2.35. The Morgan fingerprint density at radius 1 is 0.544 bits per heavy atom. The number of nitrogens with zero attached hydrogens (tertiary/aromatic N) is 2. The lowest BCUT2D eigenvalue weighted by Crippen LogP contribution is -2.35. The van der Waals surface area contributed by atoms with Gasteiger partial charge in [0, 0.05) is 19.0 Å². The number of unbranched alkanes of at least 4 members (excludes halogenated alkanes) is 18. The van der Waals surface area contributed by atoms with Crippen LogP contribution in [0.1, 0.15) is 174 Å². The number of anilines is 1. The van der Waals surface area contributed by atoms with Gasteiger partial charge >= 0.3 is 5.89 Å². The van der Waals surface area contributed by atoms with Crippen LogP contribution in [0, 0.1) is 0 Å². The highest BCUT2D eigenvalue weighted by Gasteiger charge is 2.25. The topological polar surface area (TPSA) is 29.5 Å². The molecule has 0 N–H and O–H groups in total. The maximum Gasteiger partial charge on any atom is 0.374 e. The summed E-state index contributed by atoms with van der Waals surface area (Å²) in [7, 11) is 0. The Morgan fingerprint density at radius 3 is 1.70 bits per heavy atom. The molecular weight excluding hydrogens is 697 g/mol. The van der Waals surface area contributed by atoms with Gasteiger partial charge in [0.2, 0.25) is 11.5 Å². The van der Waals surface area contributed by atoms with Gasteiger partial charge in [-0.05, 0) is 107 Å². The molecule has 4 heteroatoms. The van der Waals surface area contributed by atoms with Gasteiger partial charge in [0.05, 0.1) is 11.8 Å². The summed E-state index contributed by atoms with van der Waals surface area (Å²) in [5, 5.41) is 0. The summed E-state index contributed by atoms with van der Waals surface area (Å²) in [6.07, 6.45) is 55.3. The largest absolute Gasteiger partial charge is 0.439 e. The molecule has 0 aliphatic carbocycles. The highest BCUT2D eigenvalue weighted by molar-refractivity contribution is 5.70. The van der Waals surface area contributed by atoms with E-state index in [2.05, 4.69) is 139 Å². The van der Waals surface area contributed by atoms with E-state index >= 15 is 0 Å². The zero-order valence-corrected chi connectivity index (χ0v) is 36.1. The van der Waals surface area contributed by atoms with E-state index in [9.17, 15) is 0 Å². The van der Waals surface area contributed by atoms with E-state index < -0.39 is 0 Å². The van der Waals surface area contributed by atoms with Crippen LogP contribution in [0.5, 0.6) is 5.75 Å². The van der Waals surface area contributed by atoms with Gasteiger partial charge in [0.25, 0.3) is 5.52 Å². The van der Waals surface area contributed by atoms with Crippen LogP contribution in [0.3, 0.4) is 0 Å². The van der Waals surface area contributed by atoms with E-state index in [4.69, 9.17) is 9.15 Å². The molecule has 3 aromatic rings. The third-order valence-corrected chi connectivity index (χ3v) is 10.9. The van der Waals surface area contributed by atoms with Gasteiger partial charge < -0.3 is 14.1 Å². The maximum atomic E-state index is 6.37. The average Bonchev–Trinajstić information content (AvgIpc) is 3.77. The van der Waals surface area contributed by atoms with Gasteiger partial charge in [-0.1, -0.05) is 157 Å². The number of rotatable bonds is 32. The van der Waals surface area contributed by atoms with Gasteiger partial charge in [-0.15, -0.1) is 0 Å². The first-order chi connectivity index (χ1) is 28.3. The summed E-state index contributed by atoms with van der Waals surface area (Å²) in [6, 6.07) is 16.8. The van der Waals surface area contributed by atoms with Crippen LogP contribution in [0.15, 0.2) is 120 Å². The van der Waals surface area contributed by atoms with E-state index in [1.54, 1.807) is 0 Å². The third-order valence-electron chi connectivity index (χ3n) is 10.9. The van der Waals surface area contributed by atoms with Gasteiger partial charge in [-0.25, -0.2) is 0 Å². The highest BCUT2D eigenvalue weighted by Crippen LogP contribution is 2.39. The van der Waals surface area contributed by atoms with Gasteiger partial charge in [0.1, 0.15) is 0 Å². The number of para-hydroxylation sites is 4. The standard InChI is InChI=1S/C53H77N2O2/c1-3-5-7-9-11-13-15-17-19-21-23-25-27-29-31-37-46-54-48-40-33-35-42-50(48)56-52(54)44-39-45-53-55(49-41-34-36-43-51(49)57-53)47-38-32-30-28-26-24-22-20-18-16-14-12-10-8-6-4-2/h11-14,17-20,33-36,39-45H,3-10,15-16,21-32,37-38,46-47H2,1-2H3/q+1/b13-11+,14-12+,19-17+,20-18+. The number of hydrogen-bond acceptors (Lipinski definition) is 3. The second-order valence-electron chi connectivity index (χ2n) is 15.8. The number of ether oxygens (including phenoxy) is 1. The van der Waals surface area contributed by atoms with Crippen LogP contribution >= 0.6 is 0 Å². The van der Waals surface area contributed by atoms with Crippen molar-refractivity contribution < 1.29 is 13.7 Å². The summed E-state index contributed by atoms with van der Waals surface area (Å²) in [6.45, 7) is 6.45. The smallest absolute Gasteiger partial charge is 0.374 e. The number of aryl methyl sites for hydroxylation is 1. The SMILES string of the molecule is CCCCC/C=C/C/C=C/CCCCCCCCN1C(=CC=Cc2oc3ccccc3[n+]2CCCCCCCC/C=C/C/C=C/CCCCC)Oc2ccccc21. The molecule has 2 aromatic carbocycles. The second kappa shape index (κ2) is 30.1. The minimum atomic E-state index is 0.892. The Balaban J connectivity index is 1.16. The Hall–Kier alpha value is -4.05. The quantitative estimate of drug-likeness (QED) is 0.0359. The number of benzene rings is 2. The van der Waals surface area contributed by atoms with Crippen LogP contribution in [0.4, 0.5) is 5.69 Å². The molecule has 4 rings (SSSR count). The van der Waals surface area contributed by atoms with E-state index in [0.29, 0.717) is 0 Å². The van der Waals surface area contributed by atoms with Crippen molar-refractivity contribution in [2.75, 3.05) is 11.4 Å². The Morgan fingerprint density at radius 2 is 1.07 bits per heavy atom. The zero-order chi connectivity index (χ0) is 39.9. The molecule has 1 aliphatic rings. The van der Waals surface area contributed by atoms with Gasteiger partial charge in [-0.3, -0.25) is 0 Å². The maximum absolute atomic E-state index is 6.37. The van der Waals surface area contributed by atoms with Crippen LogP contribution < -0.4 is 14.2 Å². The Labute approximate surface area is 348 Å². The first-order valence-electron chi connectivity index (χ1n) is 23.3. The van der Waals surface area contributed by atoms with Gasteiger partial charge in [0.15, 0.2) is 12.3 Å². The van der Waals surface area contributed by atoms with Crippen LogP contribution in [-0.4, -0.2) is 6.54 Å². The molecule has 0 atom stereocenters. The zero-order valence-electron chi connectivity index (χ0n) is 36.1. The number of aromatic nitrogens is 1. The molecule has 0 radical (unpaired) electrons. The number of fused-ring (bicyclic) bond motifs is 2. The van der Waals surface area contributed by atoms with E-state index in [1.807, 2.05) is 0 Å². The third kappa shape index (κ3) is 18.4. The lowest BCUT2D eigenvalue weighted by molar-refractivity contribution is -0.678. The first-order valence-corrected chi connectivity index (χ1v) is 23.3. The molecule has 310 valence electrons. The molecule has 0 spiro atoms. The normalized spacial score (nSPS) is 14.0. The molecule has 0 fully saturated rings. The van der Waals surface area contributed by atoms with Crippen molar-refractivity contribution in [3.05, 3.63) is 121 Å². The molecule has 4 nitrogen and oxygen atoms in total. The van der Waals surface area contributed by atoms with Crippen LogP contribution in [0.2, 0.25) is 0 Å². The molecule has 0 saturated heterocycles. The molecule has 1 aromatic heterocycles. The van der Waals surface area contributed by atoms with Crippen molar-refractivity contribution in [3.63, 3.8) is 0 Å². The molecule has 1 aliphatic heterocycles. The Kier molecular flexibility index (Phi) is 24.1. The predicted molar refractivity (Wildman–Crippen MR) is 247 cm³/mol. The van der Waals surface area contributed by atoms with Crippen molar-refractivity contribution in [3.8, 4) is 5.75 Å². The molecule has 57 heavy (non-hydrogen) atoms. The average molecular weight is 774 g/mol. The van der Waals surface area contributed by atoms with E-state index in [-0.39, 0.29) is 0 Å². The minimum absolute atomic E-state index is 0.892. The Bertz CT molecular complexity index is 1670. The summed E-state index contributed by atoms with van der Waals surface area (Å²) < 4.78 is 15.1. The predicted octanol–water partition coefficient (Wildman–Crippen LogP) is 16.1. The van der Waals surface area contributed by atoms with E-state index in [0.717, 1.165) is 73.1 Å². The number of hydrogen-bond donors (Lipinski definition) is 0. The van der Waals surface area contributed by atoms with Crippen molar-refractivity contribution in [2.24, 2.45) is 0 Å². The van der Waals surface area contributed by atoms with Crippen molar-refractivity contribution in [1.82, 2.24) is 0 Å². The van der Waals surface area contributed by atoms with Crippen LogP contribution in [0.25, 0.3) is 17.2 Å². The lowest BCUT2D eigenvalue weighted by atomic mass is 10.1. The summed E-state index contributed by atoms with van der Waals surface area (Å²) in [5.74, 6) is 2.72. The van der Waals surface area contributed by atoms with Crippen molar-refractivity contribution in [1.29, 1.82) is 0 Å². The lowest BCUT2D eigenvalue weighted by Gasteiger charge is -2.18. The second-order valence-corrected chi connectivity index (χ2v) is 15.8. The van der Waals surface area contributed by atoms with Gasteiger partial charge in [-0.2, -0.15) is 4.57 Å². The van der Waals surface area contributed by atoms with Crippen molar-refractivity contribution >= 4 is 22.9 Å². The summed E-state index contributed by atoms with van der Waals surface area (Å²) in [5.41, 5.74) is 3.26. The minimum Gasteiger partial charge on any atom is -0.439 e. The summed E-state index contributed by atoms with van der Waals surface area (Å²) >= 11 is 0. The monoisotopic (exact) mass is 774 g/mol. The molecule has 0 unspecified atom stereocenters. The highest BCUT2D eigenvalue weighted by atomic mass is 16.5. The number of oxazole rings is 1. The molecule has 0 saturated carbocycles. The fraction of sp³-hybridized carbons (Fsp3) is 0.528. The molecule has 0 bridgehead atoms. The first kappa shape index (κ1) is 45.6. The molecular formula is C53H77N2O2+.